The predicted molar refractivity (Wildman–Crippen MR) is 114 cm³/mol. The Morgan fingerprint density at radius 3 is 2.52 bits per heavy atom. The van der Waals surface area contributed by atoms with Gasteiger partial charge in [-0.15, -0.1) is 0 Å². The van der Waals surface area contributed by atoms with Crippen LogP contribution in [0.25, 0.3) is 11.1 Å². The number of benzene rings is 1. The van der Waals surface area contributed by atoms with Crippen LogP contribution in [0.3, 0.4) is 0 Å². The van der Waals surface area contributed by atoms with Gasteiger partial charge < -0.3 is 19.7 Å². The molecule has 11 heteroatoms. The van der Waals surface area contributed by atoms with Gasteiger partial charge in [0.05, 0.1) is 17.9 Å². The van der Waals surface area contributed by atoms with Gasteiger partial charge in [-0.1, -0.05) is 6.07 Å². The second-order valence-electron chi connectivity index (χ2n) is 7.62. The number of hydrogen-bond donors (Lipinski definition) is 1. The van der Waals surface area contributed by atoms with E-state index in [1.807, 2.05) is 18.7 Å². The fraction of sp³-hybridized carbons (Fsp3) is 0.318. The molecule has 1 aliphatic rings. The minimum Gasteiger partial charge on any atom is -0.432 e. The van der Waals surface area contributed by atoms with Crippen molar-refractivity contribution in [3.8, 4) is 16.9 Å². The number of nitrogens with one attached hydrogen (secondary N) is 1. The lowest BCUT2D eigenvalue weighted by molar-refractivity contribution is -0.0521. The van der Waals surface area contributed by atoms with E-state index in [0.717, 1.165) is 12.1 Å². The summed E-state index contributed by atoms with van der Waals surface area (Å²) in [6.45, 7) is 2.03. The number of nitrogens with zero attached hydrogens (tertiary/aromatic N) is 4. The second kappa shape index (κ2) is 9.57. The first-order valence-corrected chi connectivity index (χ1v) is 10.2. The highest BCUT2D eigenvalue weighted by Gasteiger charge is 2.24. The van der Waals surface area contributed by atoms with Crippen LogP contribution in [-0.2, 0) is 4.74 Å². The first-order chi connectivity index (χ1) is 15.8. The summed E-state index contributed by atoms with van der Waals surface area (Å²) < 4.78 is 63.0. The molecule has 2 aromatic heterocycles. The maximum Gasteiger partial charge on any atom is 0.387 e. The van der Waals surface area contributed by atoms with Crippen molar-refractivity contribution in [1.29, 1.82) is 0 Å². The van der Waals surface area contributed by atoms with Gasteiger partial charge in [0, 0.05) is 31.0 Å². The van der Waals surface area contributed by atoms with Gasteiger partial charge in [0.2, 0.25) is 11.9 Å². The summed E-state index contributed by atoms with van der Waals surface area (Å²) in [6, 6.07) is 6.47. The molecule has 174 valence electrons. The molecule has 3 heterocycles. The van der Waals surface area contributed by atoms with Gasteiger partial charge in [-0.05, 0) is 43.7 Å². The molecule has 0 bridgehead atoms. The Morgan fingerprint density at radius 1 is 1.06 bits per heavy atom. The normalized spacial score (nSPS) is 18.5. The average molecular weight is 463 g/mol. The van der Waals surface area contributed by atoms with Crippen LogP contribution in [0.5, 0.6) is 5.75 Å². The molecule has 7 nitrogen and oxygen atoms in total. The minimum absolute atomic E-state index is 0.00850. The standard InChI is InChI=1S/C22H21F4N5O2/c1-12-10-31(11-13(2)32-12)22-27-6-5-19(30-22)29-17-8-15(9-28-20(17)24)14-3-4-18(16(23)7-14)33-21(25)26/h3-9,12-13,21H,10-11H2,1-2H3,(H,27,29,30)/t12-,13+. The highest BCUT2D eigenvalue weighted by Crippen LogP contribution is 2.29. The number of pyridine rings is 1. The molecule has 0 spiro atoms. The Kier molecular flexibility index (Phi) is 6.59. The number of rotatable bonds is 6. The Morgan fingerprint density at radius 2 is 1.82 bits per heavy atom. The summed E-state index contributed by atoms with van der Waals surface area (Å²) in [5.74, 6) is -1.52. The number of anilines is 3. The smallest absolute Gasteiger partial charge is 0.387 e. The maximum atomic E-state index is 14.4. The van der Waals surface area contributed by atoms with E-state index in [4.69, 9.17) is 4.74 Å². The molecule has 0 saturated carbocycles. The minimum atomic E-state index is -3.14. The van der Waals surface area contributed by atoms with Gasteiger partial charge >= 0.3 is 6.61 Å². The van der Waals surface area contributed by atoms with E-state index in [9.17, 15) is 17.6 Å². The molecule has 1 N–H and O–H groups in total. The van der Waals surface area contributed by atoms with Gasteiger partial charge in [-0.25, -0.2) is 14.4 Å². The molecule has 1 aliphatic heterocycles. The van der Waals surface area contributed by atoms with Crippen molar-refractivity contribution in [2.75, 3.05) is 23.3 Å². The summed E-state index contributed by atoms with van der Waals surface area (Å²) in [4.78, 5) is 14.5. The summed E-state index contributed by atoms with van der Waals surface area (Å²) in [5, 5.41) is 2.87. The molecule has 0 aliphatic carbocycles. The lowest BCUT2D eigenvalue weighted by Gasteiger charge is -2.35. The first-order valence-electron chi connectivity index (χ1n) is 10.2. The maximum absolute atomic E-state index is 14.4. The topological polar surface area (TPSA) is 72.4 Å². The number of halogens is 4. The van der Waals surface area contributed by atoms with Crippen LogP contribution in [0.2, 0.25) is 0 Å². The fourth-order valence-corrected chi connectivity index (χ4v) is 3.62. The van der Waals surface area contributed by atoms with Crippen molar-refractivity contribution in [3.63, 3.8) is 0 Å². The molecule has 3 aromatic rings. The Labute approximate surface area is 187 Å². The summed E-state index contributed by atoms with van der Waals surface area (Å²) in [7, 11) is 0. The second-order valence-corrected chi connectivity index (χ2v) is 7.62. The summed E-state index contributed by atoms with van der Waals surface area (Å²) in [6.07, 6.45) is 2.81. The summed E-state index contributed by atoms with van der Waals surface area (Å²) in [5.41, 5.74) is 0.685. The van der Waals surface area contributed by atoms with E-state index in [1.54, 1.807) is 12.3 Å². The highest BCUT2D eigenvalue weighted by molar-refractivity contribution is 5.69. The van der Waals surface area contributed by atoms with Gasteiger partial charge in [-0.2, -0.15) is 18.2 Å². The molecule has 4 rings (SSSR count). The lowest BCUT2D eigenvalue weighted by Crippen LogP contribution is -2.46. The number of ether oxygens (including phenoxy) is 2. The van der Waals surface area contributed by atoms with Crippen LogP contribution in [0.1, 0.15) is 13.8 Å². The molecule has 0 radical (unpaired) electrons. The van der Waals surface area contributed by atoms with Crippen molar-refractivity contribution in [2.24, 2.45) is 0 Å². The number of alkyl halides is 2. The zero-order valence-electron chi connectivity index (χ0n) is 17.8. The third-order valence-corrected chi connectivity index (χ3v) is 4.93. The van der Waals surface area contributed by atoms with Gasteiger partial charge in [0.25, 0.3) is 0 Å². The van der Waals surface area contributed by atoms with Gasteiger partial charge in [0.1, 0.15) is 5.82 Å². The predicted octanol–water partition coefficient (Wildman–Crippen LogP) is 4.78. The van der Waals surface area contributed by atoms with Gasteiger partial charge in [0.15, 0.2) is 11.6 Å². The zero-order valence-corrected chi connectivity index (χ0v) is 17.8. The van der Waals surface area contributed by atoms with Crippen molar-refractivity contribution in [1.82, 2.24) is 15.0 Å². The Balaban J connectivity index is 1.56. The Bertz CT molecular complexity index is 1120. The van der Waals surface area contributed by atoms with E-state index in [1.165, 1.54) is 18.3 Å². The molecule has 1 fully saturated rings. The molecule has 0 amide bonds. The molecule has 0 unspecified atom stereocenters. The van der Waals surface area contributed by atoms with Crippen molar-refractivity contribution in [2.45, 2.75) is 32.7 Å². The van der Waals surface area contributed by atoms with Crippen LogP contribution < -0.4 is 15.0 Å². The highest BCUT2D eigenvalue weighted by atomic mass is 19.3. The number of aromatic nitrogens is 3. The third kappa shape index (κ3) is 5.48. The van der Waals surface area contributed by atoms with Crippen LogP contribution >= 0.6 is 0 Å². The Hall–Kier alpha value is -3.47. The van der Waals surface area contributed by atoms with E-state index >= 15 is 0 Å². The van der Waals surface area contributed by atoms with Crippen molar-refractivity contribution in [3.05, 3.63) is 54.5 Å². The van der Waals surface area contributed by atoms with E-state index in [2.05, 4.69) is 25.0 Å². The van der Waals surface area contributed by atoms with Crippen molar-refractivity contribution >= 4 is 17.5 Å². The SMILES string of the molecule is C[C@@H]1CN(c2nccc(Nc3cc(-c4ccc(OC(F)F)c(F)c4)cnc3F)n2)C[C@H](C)O1. The van der Waals surface area contributed by atoms with E-state index < -0.39 is 24.1 Å². The average Bonchev–Trinajstić information content (AvgIpc) is 2.76. The van der Waals surface area contributed by atoms with Crippen LogP contribution in [-0.4, -0.2) is 46.9 Å². The van der Waals surface area contributed by atoms with E-state index in [-0.39, 0.29) is 17.9 Å². The van der Waals surface area contributed by atoms with Crippen LogP contribution in [0, 0.1) is 11.8 Å². The molecule has 2 atom stereocenters. The van der Waals surface area contributed by atoms with Gasteiger partial charge in [-0.3, -0.25) is 0 Å². The molecular weight excluding hydrogens is 442 g/mol. The number of hydrogen-bond acceptors (Lipinski definition) is 7. The molecule has 1 aromatic carbocycles. The molecule has 33 heavy (non-hydrogen) atoms. The summed E-state index contributed by atoms with van der Waals surface area (Å²) >= 11 is 0. The largest absolute Gasteiger partial charge is 0.432 e. The third-order valence-electron chi connectivity index (χ3n) is 4.93. The first kappa shape index (κ1) is 22.7. The van der Waals surface area contributed by atoms with Crippen molar-refractivity contribution < 1.29 is 27.0 Å². The van der Waals surface area contributed by atoms with Crippen LogP contribution in [0.4, 0.5) is 35.0 Å². The number of morpholine rings is 1. The quantitative estimate of drug-likeness (QED) is 0.417. The monoisotopic (exact) mass is 463 g/mol. The molecular formula is C22H21F4N5O2. The fourth-order valence-electron chi connectivity index (χ4n) is 3.62. The lowest BCUT2D eigenvalue weighted by atomic mass is 10.1. The van der Waals surface area contributed by atoms with Crippen LogP contribution in [0.15, 0.2) is 42.7 Å². The van der Waals surface area contributed by atoms with E-state index in [0.29, 0.717) is 36.0 Å². The zero-order chi connectivity index (χ0) is 23.5. The molecule has 1 saturated heterocycles.